The SMILES string of the molecule is O=C(NCCC(=O)N1CCCC1)C(=O)Nc1cc(F)ccc1Cl. The van der Waals surface area contributed by atoms with Gasteiger partial charge in [-0.3, -0.25) is 14.4 Å². The minimum absolute atomic E-state index is 0.0139. The van der Waals surface area contributed by atoms with Gasteiger partial charge in [-0.25, -0.2) is 4.39 Å². The highest BCUT2D eigenvalue weighted by atomic mass is 35.5. The van der Waals surface area contributed by atoms with Gasteiger partial charge in [-0.15, -0.1) is 0 Å². The van der Waals surface area contributed by atoms with E-state index in [1.807, 2.05) is 0 Å². The topological polar surface area (TPSA) is 78.5 Å². The monoisotopic (exact) mass is 341 g/mol. The number of rotatable bonds is 4. The van der Waals surface area contributed by atoms with Crippen molar-refractivity contribution in [3.63, 3.8) is 0 Å². The van der Waals surface area contributed by atoms with Crippen LogP contribution in [0.2, 0.25) is 5.02 Å². The fraction of sp³-hybridized carbons (Fsp3) is 0.400. The van der Waals surface area contributed by atoms with Crippen LogP contribution in [0.4, 0.5) is 10.1 Å². The molecule has 0 atom stereocenters. The van der Waals surface area contributed by atoms with E-state index in [0.717, 1.165) is 38.1 Å². The molecule has 6 nitrogen and oxygen atoms in total. The van der Waals surface area contributed by atoms with Gasteiger partial charge in [0.1, 0.15) is 5.82 Å². The van der Waals surface area contributed by atoms with Gasteiger partial charge in [0.15, 0.2) is 0 Å². The quantitative estimate of drug-likeness (QED) is 0.815. The summed E-state index contributed by atoms with van der Waals surface area (Å²) in [6.45, 7) is 1.55. The number of amides is 3. The molecular formula is C15H17ClFN3O3. The predicted octanol–water partition coefficient (Wildman–Crippen LogP) is 1.55. The van der Waals surface area contributed by atoms with Gasteiger partial charge in [0.25, 0.3) is 0 Å². The van der Waals surface area contributed by atoms with Gasteiger partial charge >= 0.3 is 11.8 Å². The van der Waals surface area contributed by atoms with Crippen molar-refractivity contribution in [3.05, 3.63) is 29.0 Å². The first kappa shape index (κ1) is 17.2. The Labute approximate surface area is 138 Å². The molecule has 2 N–H and O–H groups in total. The number of nitrogens with one attached hydrogen (secondary N) is 2. The van der Waals surface area contributed by atoms with E-state index in [-0.39, 0.29) is 29.6 Å². The minimum Gasteiger partial charge on any atom is -0.347 e. The molecular weight excluding hydrogens is 325 g/mol. The Bertz CT molecular complexity index is 618. The van der Waals surface area contributed by atoms with Crippen LogP contribution < -0.4 is 10.6 Å². The van der Waals surface area contributed by atoms with Crippen molar-refractivity contribution in [2.24, 2.45) is 0 Å². The van der Waals surface area contributed by atoms with E-state index in [1.54, 1.807) is 4.90 Å². The molecule has 1 aromatic rings. The summed E-state index contributed by atoms with van der Waals surface area (Å²) >= 11 is 5.80. The fourth-order valence-electron chi connectivity index (χ4n) is 2.26. The van der Waals surface area contributed by atoms with Gasteiger partial charge in [-0.2, -0.15) is 0 Å². The van der Waals surface area contributed by atoms with Crippen molar-refractivity contribution < 1.29 is 18.8 Å². The molecule has 1 aromatic carbocycles. The van der Waals surface area contributed by atoms with Gasteiger partial charge in [-0.1, -0.05) is 11.6 Å². The normalized spacial score (nSPS) is 13.7. The first-order valence-electron chi connectivity index (χ1n) is 7.29. The van der Waals surface area contributed by atoms with Crippen LogP contribution in [0, 0.1) is 5.82 Å². The summed E-state index contributed by atoms with van der Waals surface area (Å²) in [6.07, 6.45) is 2.13. The fourth-order valence-corrected chi connectivity index (χ4v) is 2.43. The zero-order valence-corrected chi connectivity index (χ0v) is 13.2. The van der Waals surface area contributed by atoms with Crippen LogP contribution in [0.5, 0.6) is 0 Å². The summed E-state index contributed by atoms with van der Waals surface area (Å²) in [5, 5.41) is 4.70. The summed E-state index contributed by atoms with van der Waals surface area (Å²) in [5.41, 5.74) is 0.0139. The first-order chi connectivity index (χ1) is 11.0. The van der Waals surface area contributed by atoms with Crippen LogP contribution in [0.1, 0.15) is 19.3 Å². The van der Waals surface area contributed by atoms with Gasteiger partial charge in [-0.05, 0) is 31.0 Å². The summed E-state index contributed by atoms with van der Waals surface area (Å²) < 4.78 is 13.1. The maximum absolute atomic E-state index is 13.1. The lowest BCUT2D eigenvalue weighted by Gasteiger charge is -2.15. The Morgan fingerprint density at radius 2 is 1.87 bits per heavy atom. The van der Waals surface area contributed by atoms with Crippen molar-refractivity contribution in [1.29, 1.82) is 0 Å². The van der Waals surface area contributed by atoms with Crippen LogP contribution in [-0.2, 0) is 14.4 Å². The van der Waals surface area contributed by atoms with Gasteiger partial charge in [0, 0.05) is 26.1 Å². The second kappa shape index (κ2) is 7.92. The number of benzene rings is 1. The number of carbonyl (C=O) groups is 3. The summed E-state index contributed by atoms with van der Waals surface area (Å²) in [6, 6.07) is 3.44. The van der Waals surface area contributed by atoms with Gasteiger partial charge < -0.3 is 15.5 Å². The Kier molecular flexibility index (Phi) is 5.92. The third-order valence-electron chi connectivity index (χ3n) is 3.47. The number of hydrogen-bond acceptors (Lipinski definition) is 3. The molecule has 23 heavy (non-hydrogen) atoms. The number of likely N-dealkylation sites (tertiary alicyclic amines) is 1. The highest BCUT2D eigenvalue weighted by Gasteiger charge is 2.19. The largest absolute Gasteiger partial charge is 0.347 e. The van der Waals surface area contributed by atoms with Crippen molar-refractivity contribution in [3.8, 4) is 0 Å². The molecule has 0 spiro atoms. The van der Waals surface area contributed by atoms with E-state index in [9.17, 15) is 18.8 Å². The molecule has 2 rings (SSSR count). The van der Waals surface area contributed by atoms with Gasteiger partial charge in [0.05, 0.1) is 10.7 Å². The number of halogens is 2. The maximum atomic E-state index is 13.1. The van der Waals surface area contributed by atoms with Crippen molar-refractivity contribution >= 4 is 35.0 Å². The number of carbonyl (C=O) groups excluding carboxylic acids is 3. The lowest BCUT2D eigenvalue weighted by atomic mass is 10.3. The molecule has 124 valence electrons. The summed E-state index contributed by atoms with van der Waals surface area (Å²) in [7, 11) is 0. The smallest absolute Gasteiger partial charge is 0.313 e. The Balaban J connectivity index is 1.77. The highest BCUT2D eigenvalue weighted by molar-refractivity contribution is 6.41. The summed E-state index contributed by atoms with van der Waals surface area (Å²) in [5.74, 6) is -2.50. The highest BCUT2D eigenvalue weighted by Crippen LogP contribution is 2.22. The van der Waals surface area contributed by atoms with E-state index >= 15 is 0 Å². The minimum atomic E-state index is -0.967. The molecule has 8 heteroatoms. The molecule has 1 aliphatic heterocycles. The Morgan fingerprint density at radius 3 is 2.57 bits per heavy atom. The molecule has 0 saturated carbocycles. The molecule has 3 amide bonds. The second-order valence-electron chi connectivity index (χ2n) is 5.17. The zero-order valence-electron chi connectivity index (χ0n) is 12.4. The molecule has 0 aliphatic carbocycles. The predicted molar refractivity (Wildman–Crippen MR) is 83.5 cm³/mol. The average molecular weight is 342 g/mol. The average Bonchev–Trinajstić information content (AvgIpc) is 3.05. The molecule has 1 saturated heterocycles. The molecule has 0 radical (unpaired) electrons. The number of hydrogen-bond donors (Lipinski definition) is 2. The maximum Gasteiger partial charge on any atom is 0.313 e. The molecule has 1 aliphatic rings. The van der Waals surface area contributed by atoms with Crippen LogP contribution >= 0.6 is 11.6 Å². The van der Waals surface area contributed by atoms with E-state index in [4.69, 9.17) is 11.6 Å². The van der Waals surface area contributed by atoms with Crippen LogP contribution in [0.25, 0.3) is 0 Å². The summed E-state index contributed by atoms with van der Waals surface area (Å²) in [4.78, 5) is 36.9. The Hall–Kier alpha value is -2.15. The molecule has 1 fully saturated rings. The molecule has 0 unspecified atom stereocenters. The van der Waals surface area contributed by atoms with E-state index in [0.29, 0.717) is 0 Å². The number of anilines is 1. The van der Waals surface area contributed by atoms with Crippen molar-refractivity contribution in [2.45, 2.75) is 19.3 Å². The van der Waals surface area contributed by atoms with Crippen molar-refractivity contribution in [2.75, 3.05) is 25.0 Å². The number of nitrogens with zero attached hydrogens (tertiary/aromatic N) is 1. The van der Waals surface area contributed by atoms with E-state index < -0.39 is 17.6 Å². The van der Waals surface area contributed by atoms with E-state index in [1.165, 1.54) is 6.07 Å². The second-order valence-corrected chi connectivity index (χ2v) is 5.58. The lowest BCUT2D eigenvalue weighted by molar-refractivity contribution is -0.136. The lowest BCUT2D eigenvalue weighted by Crippen LogP contribution is -2.38. The molecule has 0 bridgehead atoms. The van der Waals surface area contributed by atoms with Crippen molar-refractivity contribution in [1.82, 2.24) is 10.2 Å². The van der Waals surface area contributed by atoms with Crippen LogP contribution in [0.3, 0.4) is 0 Å². The standard InChI is InChI=1S/C15H17ClFN3O3/c16-11-4-3-10(17)9-12(11)19-15(23)14(22)18-6-5-13(21)20-7-1-2-8-20/h3-4,9H,1-2,5-8H2,(H,18,22)(H,19,23). The first-order valence-corrected chi connectivity index (χ1v) is 7.67. The zero-order chi connectivity index (χ0) is 16.8. The third kappa shape index (κ3) is 4.92. The molecule has 1 heterocycles. The Morgan fingerprint density at radius 1 is 1.17 bits per heavy atom. The third-order valence-corrected chi connectivity index (χ3v) is 3.80. The van der Waals surface area contributed by atoms with Crippen LogP contribution in [0.15, 0.2) is 18.2 Å². The van der Waals surface area contributed by atoms with Gasteiger partial charge in [0.2, 0.25) is 5.91 Å². The van der Waals surface area contributed by atoms with Crippen LogP contribution in [-0.4, -0.2) is 42.3 Å². The molecule has 0 aromatic heterocycles. The van der Waals surface area contributed by atoms with E-state index in [2.05, 4.69) is 10.6 Å².